The van der Waals surface area contributed by atoms with E-state index in [0.29, 0.717) is 12.6 Å². The maximum Gasteiger partial charge on any atom is 0.417 e. The van der Waals surface area contributed by atoms with Crippen molar-refractivity contribution in [3.05, 3.63) is 34.4 Å². The molecule has 1 atom stereocenters. The molecule has 10 heteroatoms. The van der Waals surface area contributed by atoms with Crippen molar-refractivity contribution in [2.75, 3.05) is 19.6 Å². The van der Waals surface area contributed by atoms with E-state index in [0.717, 1.165) is 0 Å². The van der Waals surface area contributed by atoms with Gasteiger partial charge in [0.05, 0.1) is 22.7 Å². The number of rotatable bonds is 0. The molecule has 0 spiro atoms. The number of carbonyl (C=O) groups excluding carboxylic acids is 1. The molecule has 2 aliphatic rings. The van der Waals surface area contributed by atoms with Crippen molar-refractivity contribution in [3.8, 4) is 0 Å². The second-order valence-corrected chi connectivity index (χ2v) is 5.20. The number of fused-ring (bicyclic) bond motifs is 3. The molecule has 0 saturated carbocycles. The van der Waals surface area contributed by atoms with Crippen LogP contribution in [0.4, 0.5) is 26.3 Å². The third-order valence-electron chi connectivity index (χ3n) is 3.88. The fourth-order valence-corrected chi connectivity index (χ4v) is 2.92. The van der Waals surface area contributed by atoms with Crippen molar-refractivity contribution >= 4 is 18.3 Å². The van der Waals surface area contributed by atoms with Gasteiger partial charge >= 0.3 is 12.4 Å². The number of nitrogens with one attached hydrogen (secondary N) is 1. The molecule has 0 aliphatic carbocycles. The third-order valence-corrected chi connectivity index (χ3v) is 3.88. The van der Waals surface area contributed by atoms with Crippen LogP contribution in [0.3, 0.4) is 0 Å². The number of hydrogen-bond acceptors (Lipinski definition) is 2. The van der Waals surface area contributed by atoms with Gasteiger partial charge in [-0.1, -0.05) is 0 Å². The lowest BCUT2D eigenvalue weighted by Gasteiger charge is -2.30. The summed E-state index contributed by atoms with van der Waals surface area (Å²) in [5.74, 6) is -0.859. The van der Waals surface area contributed by atoms with Crippen LogP contribution < -0.4 is 5.32 Å². The number of nitrogens with zero attached hydrogens (tertiary/aromatic N) is 1. The molecule has 1 aromatic carbocycles. The minimum atomic E-state index is -5.02. The van der Waals surface area contributed by atoms with E-state index in [4.69, 9.17) is 0 Å². The third kappa shape index (κ3) is 2.87. The van der Waals surface area contributed by atoms with Crippen molar-refractivity contribution in [1.82, 2.24) is 10.2 Å². The summed E-state index contributed by atoms with van der Waals surface area (Å²) in [5, 5.41) is 2.88. The Labute approximate surface area is 133 Å². The summed E-state index contributed by atoms with van der Waals surface area (Å²) in [6, 6.07) is -0.123. The molecule has 1 aromatic rings. The van der Waals surface area contributed by atoms with Crippen LogP contribution in [0.5, 0.6) is 0 Å². The van der Waals surface area contributed by atoms with Gasteiger partial charge in [0.1, 0.15) is 0 Å². The quantitative estimate of drug-likeness (QED) is 0.720. The van der Waals surface area contributed by atoms with Crippen LogP contribution >= 0.6 is 12.4 Å². The van der Waals surface area contributed by atoms with Crippen molar-refractivity contribution in [2.24, 2.45) is 0 Å². The summed E-state index contributed by atoms with van der Waals surface area (Å²) in [6.45, 7) is 0.692. The minimum absolute atomic E-state index is 0. The predicted molar refractivity (Wildman–Crippen MR) is 70.3 cm³/mol. The first-order valence-corrected chi connectivity index (χ1v) is 6.44. The SMILES string of the molecule is Cl.O=C1c2c(cc(C(F)(F)F)cc2C(F)(F)F)[C@H]2CNCCN12. The van der Waals surface area contributed by atoms with Crippen LogP contribution in [0, 0.1) is 0 Å². The molecular formula is C13H11ClF6N2O. The van der Waals surface area contributed by atoms with Gasteiger partial charge in [0.25, 0.3) is 5.91 Å². The van der Waals surface area contributed by atoms with Gasteiger partial charge in [-0.15, -0.1) is 12.4 Å². The van der Waals surface area contributed by atoms with Crippen molar-refractivity contribution in [3.63, 3.8) is 0 Å². The van der Waals surface area contributed by atoms with E-state index in [2.05, 4.69) is 5.32 Å². The Morgan fingerprint density at radius 1 is 1.09 bits per heavy atom. The maximum atomic E-state index is 13.1. The van der Waals surface area contributed by atoms with Gasteiger partial charge < -0.3 is 10.2 Å². The van der Waals surface area contributed by atoms with Gasteiger partial charge in [0, 0.05) is 19.6 Å². The molecule has 2 aliphatic heterocycles. The topological polar surface area (TPSA) is 32.3 Å². The second-order valence-electron chi connectivity index (χ2n) is 5.20. The number of piperazine rings is 1. The molecule has 0 bridgehead atoms. The summed E-state index contributed by atoms with van der Waals surface area (Å²) < 4.78 is 77.9. The van der Waals surface area contributed by atoms with Gasteiger partial charge in [-0.3, -0.25) is 4.79 Å². The normalized spacial score (nSPS) is 20.9. The minimum Gasteiger partial charge on any atom is -0.329 e. The highest BCUT2D eigenvalue weighted by atomic mass is 35.5. The zero-order chi connectivity index (χ0) is 16.3. The van der Waals surface area contributed by atoms with Crippen LogP contribution in [0.1, 0.15) is 33.1 Å². The van der Waals surface area contributed by atoms with E-state index < -0.39 is 41.0 Å². The lowest BCUT2D eigenvalue weighted by atomic mass is 9.95. The highest BCUT2D eigenvalue weighted by molar-refractivity contribution is 6.01. The average molecular weight is 361 g/mol. The monoisotopic (exact) mass is 360 g/mol. The van der Waals surface area contributed by atoms with Gasteiger partial charge in [-0.05, 0) is 17.7 Å². The molecule has 3 nitrogen and oxygen atoms in total. The van der Waals surface area contributed by atoms with E-state index in [1.54, 1.807) is 0 Å². The Morgan fingerprint density at radius 2 is 1.74 bits per heavy atom. The first kappa shape index (κ1) is 17.9. The number of hydrogen-bond donors (Lipinski definition) is 1. The van der Waals surface area contributed by atoms with Crippen LogP contribution in [0.25, 0.3) is 0 Å². The first-order valence-electron chi connectivity index (χ1n) is 6.44. The smallest absolute Gasteiger partial charge is 0.329 e. The maximum absolute atomic E-state index is 13.1. The standard InChI is InChI=1S/C13H10F6N2O.ClH/c14-12(15,16)6-3-7-9-5-20-1-2-21(9)11(22)10(7)8(4-6)13(17,18)19;/h3-4,9,20H,1-2,5H2;1H/t9-;/m1./s1. The fourth-order valence-electron chi connectivity index (χ4n) is 2.92. The molecular weight excluding hydrogens is 350 g/mol. The molecule has 23 heavy (non-hydrogen) atoms. The zero-order valence-electron chi connectivity index (χ0n) is 11.4. The fraction of sp³-hybridized carbons (Fsp3) is 0.462. The highest BCUT2D eigenvalue weighted by Gasteiger charge is 2.47. The molecule has 1 amide bonds. The highest BCUT2D eigenvalue weighted by Crippen LogP contribution is 2.45. The summed E-state index contributed by atoms with van der Waals surface area (Å²) >= 11 is 0. The van der Waals surface area contributed by atoms with E-state index in [1.807, 2.05) is 0 Å². The van der Waals surface area contributed by atoms with E-state index >= 15 is 0 Å². The number of carbonyl (C=O) groups is 1. The lowest BCUT2D eigenvalue weighted by Crippen LogP contribution is -2.44. The van der Waals surface area contributed by atoms with Crippen LogP contribution in [0.15, 0.2) is 12.1 Å². The van der Waals surface area contributed by atoms with Crippen LogP contribution in [-0.2, 0) is 12.4 Å². The number of benzene rings is 1. The van der Waals surface area contributed by atoms with Gasteiger partial charge in [0.2, 0.25) is 0 Å². The molecule has 128 valence electrons. The molecule has 3 rings (SSSR count). The Morgan fingerprint density at radius 3 is 2.30 bits per heavy atom. The molecule has 2 heterocycles. The largest absolute Gasteiger partial charge is 0.417 e. The second kappa shape index (κ2) is 5.55. The zero-order valence-corrected chi connectivity index (χ0v) is 12.2. The molecule has 1 saturated heterocycles. The van der Waals surface area contributed by atoms with Crippen LogP contribution in [0.2, 0.25) is 0 Å². The van der Waals surface area contributed by atoms with Gasteiger partial charge in [-0.25, -0.2) is 0 Å². The Balaban J connectivity index is 0.00000192. The molecule has 1 N–H and O–H groups in total. The summed E-state index contributed by atoms with van der Waals surface area (Å²) in [6.07, 6.45) is -9.93. The molecule has 0 aromatic heterocycles. The Kier molecular flexibility index (Phi) is 4.31. The molecule has 0 radical (unpaired) electrons. The van der Waals surface area contributed by atoms with Crippen molar-refractivity contribution < 1.29 is 31.1 Å². The van der Waals surface area contributed by atoms with E-state index in [9.17, 15) is 31.1 Å². The first-order chi connectivity index (χ1) is 10.1. The Bertz CT molecular complexity index is 643. The van der Waals surface area contributed by atoms with Crippen molar-refractivity contribution in [1.29, 1.82) is 0 Å². The van der Waals surface area contributed by atoms with E-state index in [-0.39, 0.29) is 37.1 Å². The summed E-state index contributed by atoms with van der Waals surface area (Å²) in [7, 11) is 0. The Hall–Kier alpha value is -1.48. The number of amides is 1. The number of halogens is 7. The summed E-state index contributed by atoms with van der Waals surface area (Å²) in [5.41, 5.74) is -3.77. The van der Waals surface area contributed by atoms with Gasteiger partial charge in [0.15, 0.2) is 0 Å². The molecule has 0 unspecified atom stereocenters. The van der Waals surface area contributed by atoms with Crippen molar-refractivity contribution in [2.45, 2.75) is 18.4 Å². The van der Waals surface area contributed by atoms with Crippen LogP contribution in [-0.4, -0.2) is 30.4 Å². The predicted octanol–water partition coefficient (Wildman–Crippen LogP) is 3.25. The lowest BCUT2D eigenvalue weighted by molar-refractivity contribution is -0.143. The molecule has 1 fully saturated rings. The van der Waals surface area contributed by atoms with Gasteiger partial charge in [-0.2, -0.15) is 26.3 Å². The summed E-state index contributed by atoms with van der Waals surface area (Å²) in [4.78, 5) is 13.4. The van der Waals surface area contributed by atoms with E-state index in [1.165, 1.54) is 4.90 Å². The number of alkyl halides is 6. The average Bonchev–Trinajstić information content (AvgIpc) is 2.70.